The molecule has 0 bridgehead atoms. The summed E-state index contributed by atoms with van der Waals surface area (Å²) in [6.07, 6.45) is -3.28. The van der Waals surface area contributed by atoms with Crippen molar-refractivity contribution in [3.63, 3.8) is 0 Å². The lowest BCUT2D eigenvalue weighted by Gasteiger charge is -2.13. The fourth-order valence-corrected chi connectivity index (χ4v) is 4.56. The molecule has 8 nitrogen and oxygen atoms in total. The minimum atomic E-state index is -4.76. The zero-order valence-corrected chi connectivity index (χ0v) is 21.7. The lowest BCUT2D eigenvalue weighted by Crippen LogP contribution is -2.27. The van der Waals surface area contributed by atoms with Gasteiger partial charge in [-0.1, -0.05) is 34.1 Å². The average molecular weight is 609 g/mol. The van der Waals surface area contributed by atoms with Crippen LogP contribution in [0.15, 0.2) is 70.0 Å². The van der Waals surface area contributed by atoms with E-state index in [-0.39, 0.29) is 22.9 Å². The molecule has 196 valence electrons. The number of hydrogen-bond acceptors (Lipinski definition) is 7. The van der Waals surface area contributed by atoms with Gasteiger partial charge in [-0.3, -0.25) is 24.6 Å². The first kappa shape index (κ1) is 27.2. The molecule has 0 unspecified atom stereocenters. The molecule has 13 heteroatoms. The quantitative estimate of drug-likeness (QED) is 0.156. The fraction of sp³-hybridized carbons (Fsp3) is 0.120. The van der Waals surface area contributed by atoms with Gasteiger partial charge < -0.3 is 9.47 Å². The Kier molecular flexibility index (Phi) is 7.78. The normalized spacial score (nSPS) is 14.8. The third-order valence-corrected chi connectivity index (χ3v) is 6.75. The van der Waals surface area contributed by atoms with Crippen molar-refractivity contribution in [3.05, 3.63) is 96.8 Å². The number of nitrogens with zero attached hydrogens (tertiary/aromatic N) is 2. The van der Waals surface area contributed by atoms with E-state index in [0.29, 0.717) is 17.7 Å². The molecule has 1 heterocycles. The minimum Gasteiger partial charge on any atom is -0.493 e. The molecule has 0 aliphatic carbocycles. The van der Waals surface area contributed by atoms with Gasteiger partial charge in [-0.25, -0.2) is 0 Å². The molecule has 1 aliphatic rings. The van der Waals surface area contributed by atoms with Crippen LogP contribution < -0.4 is 9.47 Å². The highest BCUT2D eigenvalue weighted by atomic mass is 79.9. The van der Waals surface area contributed by atoms with E-state index in [4.69, 9.17) is 9.47 Å². The Bertz CT molecular complexity index is 1460. The number of benzene rings is 3. The first-order valence-corrected chi connectivity index (χ1v) is 12.3. The van der Waals surface area contributed by atoms with Crippen molar-refractivity contribution in [1.29, 1.82) is 0 Å². The van der Waals surface area contributed by atoms with Crippen molar-refractivity contribution in [1.82, 2.24) is 4.90 Å². The van der Waals surface area contributed by atoms with Crippen LogP contribution in [0.25, 0.3) is 6.08 Å². The highest BCUT2D eigenvalue weighted by Gasteiger charge is 2.35. The van der Waals surface area contributed by atoms with E-state index < -0.39 is 39.2 Å². The van der Waals surface area contributed by atoms with Gasteiger partial charge >= 0.3 is 11.9 Å². The van der Waals surface area contributed by atoms with E-state index >= 15 is 0 Å². The maximum Gasteiger partial charge on any atom is 0.416 e. The lowest BCUT2D eigenvalue weighted by atomic mass is 10.1. The summed E-state index contributed by atoms with van der Waals surface area (Å²) >= 11 is 4.11. The van der Waals surface area contributed by atoms with Crippen molar-refractivity contribution in [2.45, 2.75) is 12.7 Å². The molecule has 1 fully saturated rings. The molecule has 0 spiro atoms. The fourth-order valence-electron chi connectivity index (χ4n) is 3.46. The highest BCUT2D eigenvalue weighted by molar-refractivity contribution is 9.10. The Balaban J connectivity index is 1.57. The van der Waals surface area contributed by atoms with Crippen LogP contribution >= 0.6 is 27.7 Å². The SMILES string of the molecule is COc1cc(/C=C2/SC(=O)N(Cc3ccc(Br)cc3)C2=O)ccc1Oc1ccc(C(F)(F)F)cc1[N+](=O)[O-]. The van der Waals surface area contributed by atoms with E-state index in [2.05, 4.69) is 15.9 Å². The van der Waals surface area contributed by atoms with Crippen LogP contribution in [0.4, 0.5) is 23.7 Å². The van der Waals surface area contributed by atoms with E-state index in [1.807, 2.05) is 0 Å². The number of ether oxygens (including phenoxy) is 2. The number of carbonyl (C=O) groups is 2. The number of hydrogen-bond donors (Lipinski definition) is 0. The second kappa shape index (κ2) is 10.9. The maximum absolute atomic E-state index is 13.0. The van der Waals surface area contributed by atoms with Crippen LogP contribution in [0.2, 0.25) is 0 Å². The van der Waals surface area contributed by atoms with Gasteiger partial charge in [0.05, 0.1) is 29.0 Å². The van der Waals surface area contributed by atoms with Gasteiger partial charge in [-0.2, -0.15) is 13.2 Å². The molecule has 0 atom stereocenters. The van der Waals surface area contributed by atoms with Gasteiger partial charge in [0.1, 0.15) is 0 Å². The molecule has 2 amide bonds. The number of nitro groups is 1. The molecular formula is C25H16BrF3N2O6S. The van der Waals surface area contributed by atoms with Crippen LogP contribution in [0.5, 0.6) is 17.2 Å². The predicted octanol–water partition coefficient (Wildman–Crippen LogP) is 7.41. The molecule has 0 radical (unpaired) electrons. The van der Waals surface area contributed by atoms with E-state index in [1.165, 1.54) is 31.4 Å². The number of methoxy groups -OCH3 is 1. The van der Waals surface area contributed by atoms with E-state index in [0.717, 1.165) is 32.8 Å². The summed E-state index contributed by atoms with van der Waals surface area (Å²) in [4.78, 5) is 37.0. The van der Waals surface area contributed by atoms with Gasteiger partial charge in [0.2, 0.25) is 5.75 Å². The highest BCUT2D eigenvalue weighted by Crippen LogP contribution is 2.41. The molecule has 1 aliphatic heterocycles. The molecule has 1 saturated heterocycles. The van der Waals surface area contributed by atoms with Gasteiger partial charge in [-0.05, 0) is 65.4 Å². The number of rotatable bonds is 7. The summed E-state index contributed by atoms with van der Waals surface area (Å²) < 4.78 is 50.6. The van der Waals surface area contributed by atoms with Crippen LogP contribution in [0, 0.1) is 10.1 Å². The van der Waals surface area contributed by atoms with Crippen molar-refractivity contribution in [3.8, 4) is 17.2 Å². The first-order chi connectivity index (χ1) is 18.0. The lowest BCUT2D eigenvalue weighted by molar-refractivity contribution is -0.385. The Labute approximate surface area is 226 Å². The largest absolute Gasteiger partial charge is 0.493 e. The second-order valence-electron chi connectivity index (χ2n) is 7.84. The maximum atomic E-state index is 13.0. The second-order valence-corrected chi connectivity index (χ2v) is 9.75. The van der Waals surface area contributed by atoms with Crippen molar-refractivity contribution in [2.75, 3.05) is 7.11 Å². The zero-order valence-electron chi connectivity index (χ0n) is 19.3. The molecule has 0 N–H and O–H groups in total. The summed E-state index contributed by atoms with van der Waals surface area (Å²) in [5, 5.41) is 10.9. The Hall–Kier alpha value is -3.84. The van der Waals surface area contributed by atoms with Gasteiger partial charge in [0, 0.05) is 10.5 Å². The molecule has 0 saturated carbocycles. The summed E-state index contributed by atoms with van der Waals surface area (Å²) in [5.74, 6) is -0.788. The number of thioether (sulfide) groups is 1. The van der Waals surface area contributed by atoms with Crippen LogP contribution in [0.3, 0.4) is 0 Å². The molecule has 3 aromatic rings. The number of imide groups is 1. The number of nitro benzene ring substituents is 1. The van der Waals surface area contributed by atoms with Crippen molar-refractivity contribution in [2.24, 2.45) is 0 Å². The van der Waals surface area contributed by atoms with Gasteiger partial charge in [0.25, 0.3) is 11.1 Å². The summed E-state index contributed by atoms with van der Waals surface area (Å²) in [6.45, 7) is 0.108. The number of alkyl halides is 3. The summed E-state index contributed by atoms with van der Waals surface area (Å²) in [6, 6.07) is 13.5. The third-order valence-electron chi connectivity index (χ3n) is 5.32. The molecular weight excluding hydrogens is 593 g/mol. The number of halogens is 4. The first-order valence-electron chi connectivity index (χ1n) is 10.7. The molecule has 4 rings (SSSR count). The topological polar surface area (TPSA) is 99.0 Å². The molecule has 3 aromatic carbocycles. The van der Waals surface area contributed by atoms with Gasteiger partial charge in [-0.15, -0.1) is 0 Å². The van der Waals surface area contributed by atoms with Crippen molar-refractivity contribution >= 4 is 50.6 Å². The summed E-state index contributed by atoms with van der Waals surface area (Å²) in [5.41, 5.74) is -0.819. The Morgan fingerprint density at radius 3 is 2.34 bits per heavy atom. The zero-order chi connectivity index (χ0) is 27.6. The third kappa shape index (κ3) is 6.00. The minimum absolute atomic E-state index is 0.00384. The Morgan fingerprint density at radius 2 is 1.71 bits per heavy atom. The predicted molar refractivity (Wildman–Crippen MR) is 137 cm³/mol. The monoisotopic (exact) mass is 608 g/mol. The molecule has 0 aromatic heterocycles. The van der Waals surface area contributed by atoms with E-state index in [9.17, 15) is 32.9 Å². The van der Waals surface area contributed by atoms with Crippen LogP contribution in [-0.4, -0.2) is 28.1 Å². The average Bonchev–Trinajstić information content (AvgIpc) is 3.12. The standard InChI is InChI=1S/C25H16BrF3N2O6S/c1-36-21-10-15(11-22-23(32)30(24(33)38-22)13-14-2-6-17(26)7-3-14)4-8-20(21)37-19-9-5-16(25(27,28)29)12-18(19)31(34)35/h2-12H,13H2,1H3/b22-11+. The molecule has 38 heavy (non-hydrogen) atoms. The Morgan fingerprint density at radius 1 is 1.03 bits per heavy atom. The van der Waals surface area contributed by atoms with Crippen LogP contribution in [-0.2, 0) is 17.5 Å². The van der Waals surface area contributed by atoms with Crippen molar-refractivity contribution < 1.29 is 37.2 Å². The van der Waals surface area contributed by atoms with Gasteiger partial charge in [0.15, 0.2) is 11.5 Å². The smallest absolute Gasteiger partial charge is 0.416 e. The van der Waals surface area contributed by atoms with Crippen LogP contribution in [0.1, 0.15) is 16.7 Å². The summed E-state index contributed by atoms with van der Waals surface area (Å²) in [7, 11) is 1.30. The number of carbonyl (C=O) groups excluding carboxylic acids is 2. The van der Waals surface area contributed by atoms with E-state index in [1.54, 1.807) is 24.3 Å². The number of amides is 2.